The molecule has 0 aliphatic carbocycles. The number of rotatable bonds is 3. The molecule has 0 N–H and O–H groups in total. The first-order valence-electron chi connectivity index (χ1n) is 8.56. The fraction of sp³-hybridized carbons (Fsp3) is 0.611. The SMILES string of the molecule is Cc1nccn1C1CCCN(C(=O)Cc2csc(C(C)(C)C)n2)C1. The van der Waals surface area contributed by atoms with E-state index in [1.54, 1.807) is 11.3 Å². The summed E-state index contributed by atoms with van der Waals surface area (Å²) in [6.45, 7) is 10.1. The summed E-state index contributed by atoms with van der Waals surface area (Å²) >= 11 is 1.65. The first-order valence-corrected chi connectivity index (χ1v) is 9.44. The van der Waals surface area contributed by atoms with Gasteiger partial charge in [-0.2, -0.15) is 0 Å². The molecule has 0 spiro atoms. The molecule has 0 saturated carbocycles. The van der Waals surface area contributed by atoms with Gasteiger partial charge in [-0.1, -0.05) is 20.8 Å². The van der Waals surface area contributed by atoms with Crippen LogP contribution in [0.2, 0.25) is 0 Å². The van der Waals surface area contributed by atoms with E-state index in [-0.39, 0.29) is 11.3 Å². The van der Waals surface area contributed by atoms with Crippen molar-refractivity contribution in [2.75, 3.05) is 13.1 Å². The Hall–Kier alpha value is -1.69. The number of likely N-dealkylation sites (tertiary alicyclic amines) is 1. The van der Waals surface area contributed by atoms with Gasteiger partial charge in [0.1, 0.15) is 5.82 Å². The number of hydrogen-bond donors (Lipinski definition) is 0. The predicted octanol–water partition coefficient (Wildman–Crippen LogP) is 3.35. The molecule has 0 radical (unpaired) electrons. The molecule has 24 heavy (non-hydrogen) atoms. The summed E-state index contributed by atoms with van der Waals surface area (Å²) in [6.07, 6.45) is 6.40. The van der Waals surface area contributed by atoms with E-state index in [1.807, 2.05) is 29.6 Å². The van der Waals surface area contributed by atoms with Crippen LogP contribution in [0, 0.1) is 6.92 Å². The molecule has 0 aromatic carbocycles. The molecule has 2 aromatic heterocycles. The van der Waals surface area contributed by atoms with Gasteiger partial charge in [0, 0.05) is 36.3 Å². The Balaban J connectivity index is 1.64. The Morgan fingerprint density at radius 2 is 2.21 bits per heavy atom. The predicted molar refractivity (Wildman–Crippen MR) is 96.3 cm³/mol. The highest BCUT2D eigenvalue weighted by atomic mass is 32.1. The molecule has 0 bridgehead atoms. The van der Waals surface area contributed by atoms with Gasteiger partial charge in [0.2, 0.25) is 5.91 Å². The van der Waals surface area contributed by atoms with E-state index in [1.165, 1.54) is 0 Å². The summed E-state index contributed by atoms with van der Waals surface area (Å²) < 4.78 is 2.19. The number of aromatic nitrogens is 3. The van der Waals surface area contributed by atoms with E-state index < -0.39 is 0 Å². The maximum absolute atomic E-state index is 12.7. The van der Waals surface area contributed by atoms with Crippen LogP contribution in [0.3, 0.4) is 0 Å². The van der Waals surface area contributed by atoms with E-state index >= 15 is 0 Å². The van der Waals surface area contributed by atoms with Gasteiger partial charge in [-0.25, -0.2) is 9.97 Å². The highest BCUT2D eigenvalue weighted by Gasteiger charge is 2.26. The Bertz CT molecular complexity index is 713. The van der Waals surface area contributed by atoms with E-state index in [4.69, 9.17) is 0 Å². The molecule has 1 fully saturated rings. The number of carbonyl (C=O) groups excluding carboxylic acids is 1. The van der Waals surface area contributed by atoms with Crippen molar-refractivity contribution in [3.63, 3.8) is 0 Å². The summed E-state index contributed by atoms with van der Waals surface area (Å²) in [5, 5.41) is 3.12. The number of thiazole rings is 1. The van der Waals surface area contributed by atoms with E-state index in [9.17, 15) is 4.79 Å². The van der Waals surface area contributed by atoms with Crippen LogP contribution < -0.4 is 0 Å². The lowest BCUT2D eigenvalue weighted by Gasteiger charge is -2.34. The smallest absolute Gasteiger partial charge is 0.228 e. The minimum absolute atomic E-state index is 0.0428. The van der Waals surface area contributed by atoms with Gasteiger partial charge in [-0.3, -0.25) is 4.79 Å². The van der Waals surface area contributed by atoms with Crippen molar-refractivity contribution in [2.45, 2.75) is 58.4 Å². The largest absolute Gasteiger partial charge is 0.340 e. The molecule has 2 aromatic rings. The van der Waals surface area contributed by atoms with Crippen LogP contribution in [0.15, 0.2) is 17.8 Å². The van der Waals surface area contributed by atoms with Gasteiger partial charge in [0.05, 0.1) is 23.2 Å². The Labute approximate surface area is 147 Å². The Morgan fingerprint density at radius 3 is 2.83 bits per heavy atom. The van der Waals surface area contributed by atoms with Crippen LogP contribution in [0.25, 0.3) is 0 Å². The maximum Gasteiger partial charge on any atom is 0.228 e. The van der Waals surface area contributed by atoms with Crippen LogP contribution >= 0.6 is 11.3 Å². The highest BCUT2D eigenvalue weighted by Crippen LogP contribution is 2.27. The van der Waals surface area contributed by atoms with Crippen LogP contribution in [0.1, 0.15) is 56.2 Å². The zero-order valence-corrected chi connectivity index (χ0v) is 15.8. The number of imidazole rings is 1. The summed E-state index contributed by atoms with van der Waals surface area (Å²) in [7, 11) is 0. The maximum atomic E-state index is 12.7. The zero-order valence-electron chi connectivity index (χ0n) is 15.0. The number of piperidine rings is 1. The van der Waals surface area contributed by atoms with Crippen molar-refractivity contribution in [1.29, 1.82) is 0 Å². The van der Waals surface area contributed by atoms with Crippen LogP contribution in [-0.2, 0) is 16.6 Å². The standard InChI is InChI=1S/C18H26N4OS/c1-13-19-7-9-22(13)15-6-5-8-21(11-15)16(23)10-14-12-24-17(20-14)18(2,3)4/h7,9,12,15H,5-6,8,10-11H2,1-4H3. The molecule has 1 atom stereocenters. The average molecular weight is 347 g/mol. The van der Waals surface area contributed by atoms with Gasteiger partial charge < -0.3 is 9.47 Å². The van der Waals surface area contributed by atoms with Crippen LogP contribution in [0.4, 0.5) is 0 Å². The average Bonchev–Trinajstić information content (AvgIpc) is 3.16. The molecule has 1 saturated heterocycles. The molecule has 1 amide bonds. The number of amides is 1. The number of hydrogen-bond acceptors (Lipinski definition) is 4. The second-order valence-corrected chi connectivity index (χ2v) is 8.45. The molecular weight excluding hydrogens is 320 g/mol. The summed E-state index contributed by atoms with van der Waals surface area (Å²) in [4.78, 5) is 23.6. The molecular formula is C18H26N4OS. The molecule has 1 aliphatic heterocycles. The van der Waals surface area contributed by atoms with Crippen molar-refractivity contribution in [3.05, 3.63) is 34.3 Å². The fourth-order valence-electron chi connectivity index (χ4n) is 3.18. The van der Waals surface area contributed by atoms with Gasteiger partial charge >= 0.3 is 0 Å². The van der Waals surface area contributed by atoms with Crippen molar-refractivity contribution >= 4 is 17.2 Å². The van der Waals surface area contributed by atoms with Crippen molar-refractivity contribution in [2.24, 2.45) is 0 Å². The fourth-order valence-corrected chi connectivity index (χ4v) is 4.09. The number of nitrogens with zero attached hydrogens (tertiary/aromatic N) is 4. The Morgan fingerprint density at radius 1 is 1.42 bits per heavy atom. The lowest BCUT2D eigenvalue weighted by molar-refractivity contribution is -0.132. The molecule has 5 nitrogen and oxygen atoms in total. The minimum Gasteiger partial charge on any atom is -0.340 e. The van der Waals surface area contributed by atoms with Gasteiger partial charge in [-0.05, 0) is 19.8 Å². The summed E-state index contributed by atoms with van der Waals surface area (Å²) in [6, 6.07) is 0.339. The van der Waals surface area contributed by atoms with Crippen LogP contribution in [-0.4, -0.2) is 38.4 Å². The zero-order chi connectivity index (χ0) is 17.3. The molecule has 3 heterocycles. The van der Waals surface area contributed by atoms with Gasteiger partial charge in [-0.15, -0.1) is 11.3 Å². The van der Waals surface area contributed by atoms with Crippen molar-refractivity contribution in [3.8, 4) is 0 Å². The van der Waals surface area contributed by atoms with Gasteiger partial charge in [0.15, 0.2) is 0 Å². The third kappa shape index (κ3) is 3.69. The van der Waals surface area contributed by atoms with Crippen LogP contribution in [0.5, 0.6) is 0 Å². The Kier molecular flexibility index (Phi) is 4.76. The van der Waals surface area contributed by atoms with E-state index in [0.717, 1.165) is 42.5 Å². The van der Waals surface area contributed by atoms with E-state index in [2.05, 4.69) is 35.3 Å². The minimum atomic E-state index is 0.0428. The molecule has 1 unspecified atom stereocenters. The number of carbonyl (C=O) groups is 1. The second kappa shape index (κ2) is 6.67. The normalized spacial score (nSPS) is 18.8. The third-order valence-electron chi connectivity index (χ3n) is 4.53. The third-order valence-corrected chi connectivity index (χ3v) is 5.85. The topological polar surface area (TPSA) is 51.0 Å². The highest BCUT2D eigenvalue weighted by molar-refractivity contribution is 7.09. The monoisotopic (exact) mass is 346 g/mol. The number of aryl methyl sites for hydroxylation is 1. The van der Waals surface area contributed by atoms with Crippen molar-refractivity contribution in [1.82, 2.24) is 19.4 Å². The second-order valence-electron chi connectivity index (χ2n) is 7.59. The quantitative estimate of drug-likeness (QED) is 0.856. The molecule has 1 aliphatic rings. The molecule has 3 rings (SSSR count). The lowest BCUT2D eigenvalue weighted by atomic mass is 9.98. The molecule has 130 valence electrons. The van der Waals surface area contributed by atoms with Gasteiger partial charge in [0.25, 0.3) is 0 Å². The van der Waals surface area contributed by atoms with E-state index in [0.29, 0.717) is 12.5 Å². The first-order chi connectivity index (χ1) is 11.3. The first kappa shape index (κ1) is 17.1. The van der Waals surface area contributed by atoms with Crippen molar-refractivity contribution < 1.29 is 4.79 Å². The lowest BCUT2D eigenvalue weighted by Crippen LogP contribution is -2.41. The summed E-state index contributed by atoms with van der Waals surface area (Å²) in [5.41, 5.74) is 0.942. The summed E-state index contributed by atoms with van der Waals surface area (Å²) in [5.74, 6) is 1.20. The molecule has 6 heteroatoms.